The molecule has 2 heterocycles. The van der Waals surface area contributed by atoms with Crippen LogP contribution in [0.5, 0.6) is 0 Å². The summed E-state index contributed by atoms with van der Waals surface area (Å²) in [5, 5.41) is 21.6. The third-order valence-electron chi connectivity index (χ3n) is 16.1. The van der Waals surface area contributed by atoms with Crippen molar-refractivity contribution in [1.29, 1.82) is 0 Å². The van der Waals surface area contributed by atoms with Gasteiger partial charge in [-0.2, -0.15) is 23.4 Å². The molecule has 4 aliphatic carbocycles. The van der Waals surface area contributed by atoms with Crippen molar-refractivity contribution in [2.45, 2.75) is 139 Å². The van der Waals surface area contributed by atoms with E-state index in [-0.39, 0.29) is 53.4 Å². The van der Waals surface area contributed by atoms with Gasteiger partial charge in [-0.1, -0.05) is 13.8 Å². The molecule has 2 saturated carbocycles. The largest absolute Gasteiger partial charge is 0.417 e. The molecule has 65 heavy (non-hydrogen) atoms. The molecule has 13 heteroatoms. The molecule has 10 rings (SSSR count). The lowest BCUT2D eigenvalue weighted by atomic mass is 9.56. The van der Waals surface area contributed by atoms with Crippen LogP contribution in [0.25, 0.3) is 33.2 Å². The number of nitrogens with zero attached hydrogens (tertiary/aromatic N) is 4. The van der Waals surface area contributed by atoms with Crippen LogP contribution in [0.3, 0.4) is 0 Å². The van der Waals surface area contributed by atoms with E-state index < -0.39 is 17.7 Å². The molecule has 0 spiro atoms. The average Bonchev–Trinajstić information content (AvgIpc) is 3.81. The predicted molar refractivity (Wildman–Crippen MR) is 241 cm³/mol. The number of hydrogen-bond donors (Lipinski definition) is 2. The summed E-state index contributed by atoms with van der Waals surface area (Å²) in [7, 11) is 0. The molecule has 1 amide bonds. The second-order valence-corrected chi connectivity index (χ2v) is 19.5. The van der Waals surface area contributed by atoms with E-state index in [1.165, 1.54) is 35.4 Å². The second kappa shape index (κ2) is 16.9. The SMILES string of the molecule is CC[C@]12CC[C@@](O)(C(F)(F)F)C[C@@H]1CCCc1cc3c(cnn3-c3ccc(F)cc3)cc12.CC[C@]12CC[C@](C)(OCC(N)=O)C[C@@H]1CCCc1cc3c(cnn3-c3ccc(F)cc3)cc12. The maximum atomic E-state index is 13.6. The van der Waals surface area contributed by atoms with Crippen LogP contribution in [-0.4, -0.2) is 54.6 Å². The zero-order valence-corrected chi connectivity index (χ0v) is 37.4. The van der Waals surface area contributed by atoms with E-state index in [2.05, 4.69) is 48.3 Å². The molecule has 2 aromatic heterocycles. The average molecular weight is 896 g/mol. The van der Waals surface area contributed by atoms with Gasteiger partial charge in [-0.15, -0.1) is 0 Å². The first-order chi connectivity index (χ1) is 31.0. The highest BCUT2D eigenvalue weighted by Gasteiger charge is 2.60. The summed E-state index contributed by atoms with van der Waals surface area (Å²) < 4.78 is 77.4. The van der Waals surface area contributed by atoms with Crippen LogP contribution in [0.4, 0.5) is 22.0 Å². The van der Waals surface area contributed by atoms with Gasteiger partial charge in [-0.05, 0) is 215 Å². The quantitative estimate of drug-likeness (QED) is 0.155. The molecular weight excluding hydrogens is 838 g/mol. The van der Waals surface area contributed by atoms with Crippen LogP contribution in [-0.2, 0) is 33.2 Å². The van der Waals surface area contributed by atoms with Crippen LogP contribution in [0, 0.1) is 23.5 Å². The Kier molecular flexibility index (Phi) is 11.7. The Bertz CT molecular complexity index is 2710. The number of ether oxygens (including phenoxy) is 1. The molecule has 4 aliphatic rings. The van der Waals surface area contributed by atoms with Crippen molar-refractivity contribution in [2.75, 3.05) is 6.61 Å². The fourth-order valence-corrected chi connectivity index (χ4v) is 12.5. The van der Waals surface area contributed by atoms with Gasteiger partial charge < -0.3 is 15.6 Å². The highest BCUT2D eigenvalue weighted by Crippen LogP contribution is 2.58. The topological polar surface area (TPSA) is 108 Å². The summed E-state index contributed by atoms with van der Waals surface area (Å²) in [6.45, 7) is 6.48. The van der Waals surface area contributed by atoms with Crippen LogP contribution < -0.4 is 5.73 Å². The van der Waals surface area contributed by atoms with E-state index in [0.717, 1.165) is 109 Å². The Labute approximate surface area is 376 Å². The lowest BCUT2D eigenvalue weighted by Crippen LogP contribution is -2.54. The van der Waals surface area contributed by atoms with Crippen molar-refractivity contribution < 1.29 is 36.6 Å². The fourth-order valence-electron chi connectivity index (χ4n) is 12.5. The lowest BCUT2D eigenvalue weighted by Gasteiger charge is -2.50. The molecular formula is C52H58F5N5O3. The number of hydrogen-bond acceptors (Lipinski definition) is 5. The van der Waals surface area contributed by atoms with Gasteiger partial charge in [0.15, 0.2) is 5.60 Å². The smallest absolute Gasteiger partial charge is 0.380 e. The summed E-state index contributed by atoms with van der Waals surface area (Å²) in [4.78, 5) is 11.3. The number of aryl methyl sites for hydroxylation is 2. The number of alkyl halides is 3. The van der Waals surface area contributed by atoms with Gasteiger partial charge in [0, 0.05) is 10.8 Å². The van der Waals surface area contributed by atoms with Crippen molar-refractivity contribution in [1.82, 2.24) is 19.6 Å². The van der Waals surface area contributed by atoms with Crippen LogP contribution >= 0.6 is 0 Å². The van der Waals surface area contributed by atoms with E-state index in [1.54, 1.807) is 35.1 Å². The highest BCUT2D eigenvalue weighted by atomic mass is 19.4. The zero-order chi connectivity index (χ0) is 45.9. The second-order valence-electron chi connectivity index (χ2n) is 19.5. The summed E-state index contributed by atoms with van der Waals surface area (Å²) in [6.07, 6.45) is 9.13. The molecule has 0 radical (unpaired) electrons. The van der Waals surface area contributed by atoms with Gasteiger partial charge in [0.2, 0.25) is 5.91 Å². The number of aromatic nitrogens is 4. The molecule has 6 aromatic rings. The summed E-state index contributed by atoms with van der Waals surface area (Å²) in [5.74, 6) is -0.691. The van der Waals surface area contributed by atoms with Crippen molar-refractivity contribution in [3.63, 3.8) is 0 Å². The van der Waals surface area contributed by atoms with Crippen molar-refractivity contribution in [3.8, 4) is 11.4 Å². The molecule has 0 aliphatic heterocycles. The molecule has 6 atom stereocenters. The molecule has 0 unspecified atom stereocenters. The number of primary amides is 1. The number of rotatable bonds is 7. The maximum absolute atomic E-state index is 13.6. The predicted octanol–water partition coefficient (Wildman–Crippen LogP) is 11.5. The molecule has 4 aromatic carbocycles. The summed E-state index contributed by atoms with van der Waals surface area (Å²) in [5.41, 5.74) is 10.9. The van der Waals surface area contributed by atoms with E-state index in [1.807, 2.05) is 17.8 Å². The molecule has 3 N–H and O–H groups in total. The molecule has 8 nitrogen and oxygen atoms in total. The number of fused-ring (bicyclic) bond motifs is 8. The third kappa shape index (κ3) is 8.04. The molecule has 2 fully saturated rings. The minimum Gasteiger partial charge on any atom is -0.380 e. The number of aliphatic hydroxyl groups is 1. The standard InChI is InChI=1S/C27H32FN3O2.C25H26F4N2O/c1-3-27-12-11-26(2,33-17-25(29)32)15-20(27)6-4-5-18-14-24-19(13-23(18)27)16-30-31(24)22-9-7-21(28)8-10-22;1-2-23-10-11-24(32,25(27,28)29)14-18(23)5-3-4-16-13-22-17(12-21(16)23)15-30-31(22)20-8-6-19(26)7-9-20/h7-10,13-14,16,20H,3-6,11-12,15,17H2,1-2H3,(H2,29,32);6-9,12-13,15,18,32H,2-5,10-11,14H2,1H3/t20-,26-,27-;18-,23-,24-/m00/s1. The van der Waals surface area contributed by atoms with Crippen molar-refractivity contribution in [3.05, 3.63) is 119 Å². The minimum atomic E-state index is -4.61. The van der Waals surface area contributed by atoms with E-state index in [9.17, 15) is 31.9 Å². The zero-order valence-electron chi connectivity index (χ0n) is 37.4. The number of benzene rings is 4. The summed E-state index contributed by atoms with van der Waals surface area (Å²) >= 11 is 0. The Hall–Kier alpha value is -5.14. The van der Waals surface area contributed by atoms with E-state index >= 15 is 0 Å². The Morgan fingerprint density at radius 2 is 1.20 bits per heavy atom. The number of nitrogens with two attached hydrogens (primary N) is 1. The van der Waals surface area contributed by atoms with Crippen LogP contribution in [0.15, 0.2) is 85.2 Å². The highest BCUT2D eigenvalue weighted by molar-refractivity contribution is 5.84. The summed E-state index contributed by atoms with van der Waals surface area (Å²) in [6, 6.07) is 21.5. The van der Waals surface area contributed by atoms with Crippen molar-refractivity contribution >= 4 is 27.7 Å². The Balaban J connectivity index is 0.000000164. The molecule has 344 valence electrons. The first kappa shape index (κ1) is 45.0. The van der Waals surface area contributed by atoms with Gasteiger partial charge in [-0.3, -0.25) is 4.79 Å². The molecule has 0 bridgehead atoms. The normalized spacial score (nSPS) is 27.6. The van der Waals surface area contributed by atoms with E-state index in [4.69, 9.17) is 10.5 Å². The molecule has 0 saturated heterocycles. The van der Waals surface area contributed by atoms with Crippen LogP contribution in [0.2, 0.25) is 0 Å². The number of amides is 1. The van der Waals surface area contributed by atoms with Crippen molar-refractivity contribution in [2.24, 2.45) is 17.6 Å². The van der Waals surface area contributed by atoms with Crippen LogP contribution in [0.1, 0.15) is 120 Å². The van der Waals surface area contributed by atoms with Gasteiger partial charge in [0.25, 0.3) is 0 Å². The number of carbonyl (C=O) groups excluding carboxylic acids is 1. The van der Waals surface area contributed by atoms with Gasteiger partial charge in [0.05, 0.1) is 40.4 Å². The Morgan fingerprint density at radius 3 is 1.65 bits per heavy atom. The first-order valence-corrected chi connectivity index (χ1v) is 23.3. The van der Waals surface area contributed by atoms with Gasteiger partial charge >= 0.3 is 6.18 Å². The third-order valence-corrected chi connectivity index (χ3v) is 16.1. The van der Waals surface area contributed by atoms with Gasteiger partial charge in [-0.25, -0.2) is 18.1 Å². The minimum absolute atomic E-state index is 0.0118. The number of carbonyl (C=O) groups is 1. The van der Waals surface area contributed by atoms with E-state index in [0.29, 0.717) is 18.8 Å². The monoisotopic (exact) mass is 895 g/mol. The maximum Gasteiger partial charge on any atom is 0.417 e. The lowest BCUT2D eigenvalue weighted by molar-refractivity contribution is -0.279. The first-order valence-electron chi connectivity index (χ1n) is 23.3. The Morgan fingerprint density at radius 1 is 0.738 bits per heavy atom. The van der Waals surface area contributed by atoms with Gasteiger partial charge in [0.1, 0.15) is 18.2 Å². The fraction of sp³-hybridized carbons (Fsp3) is 0.481. The number of halogens is 5.